The number of ether oxygens (including phenoxy) is 3. The largest absolute Gasteiger partial charge is 0.462 e. The molecule has 1 unspecified atom stereocenters. The first-order chi connectivity index (χ1) is 9.49. The Kier molecular flexibility index (Phi) is 5.61. The molecular weight excluding hydrogens is 274 g/mol. The number of morpholine rings is 1. The molecule has 0 aliphatic carbocycles. The zero-order valence-corrected chi connectivity index (χ0v) is 13.9. The predicted molar refractivity (Wildman–Crippen MR) is 78.0 cm³/mol. The SMILES string of the molecule is CC(C)(C)OC(=O)N1CCOC(COC(=O)C(C)(C)C)C1. The van der Waals surface area contributed by atoms with Crippen molar-refractivity contribution in [2.45, 2.75) is 53.2 Å². The minimum Gasteiger partial charge on any atom is -0.462 e. The molecule has 1 atom stereocenters. The van der Waals surface area contributed by atoms with Gasteiger partial charge in [-0.1, -0.05) is 0 Å². The molecule has 0 bridgehead atoms. The Labute approximate surface area is 126 Å². The highest BCUT2D eigenvalue weighted by Crippen LogP contribution is 2.17. The van der Waals surface area contributed by atoms with Crippen molar-refractivity contribution in [3.05, 3.63) is 0 Å². The summed E-state index contributed by atoms with van der Waals surface area (Å²) in [5.41, 5.74) is -1.07. The normalized spacial score (nSPS) is 20.1. The third-order valence-corrected chi connectivity index (χ3v) is 2.80. The molecule has 6 nitrogen and oxygen atoms in total. The number of carbonyl (C=O) groups is 2. The second kappa shape index (κ2) is 6.64. The van der Waals surface area contributed by atoms with Crippen LogP contribution in [0, 0.1) is 5.41 Å². The maximum absolute atomic E-state index is 12.0. The van der Waals surface area contributed by atoms with E-state index in [1.807, 2.05) is 20.8 Å². The molecule has 1 aliphatic heterocycles. The highest BCUT2D eigenvalue weighted by molar-refractivity contribution is 5.75. The third-order valence-electron chi connectivity index (χ3n) is 2.80. The molecule has 1 aliphatic rings. The van der Waals surface area contributed by atoms with Gasteiger partial charge in [-0.05, 0) is 41.5 Å². The van der Waals surface area contributed by atoms with Gasteiger partial charge in [0.25, 0.3) is 0 Å². The maximum atomic E-state index is 12.0. The first-order valence-corrected chi connectivity index (χ1v) is 7.26. The average molecular weight is 301 g/mol. The molecule has 6 heteroatoms. The molecule has 0 spiro atoms. The number of esters is 1. The fourth-order valence-corrected chi connectivity index (χ4v) is 1.70. The van der Waals surface area contributed by atoms with Crippen LogP contribution < -0.4 is 0 Å². The molecule has 122 valence electrons. The summed E-state index contributed by atoms with van der Waals surface area (Å²) in [6.07, 6.45) is -0.671. The maximum Gasteiger partial charge on any atom is 0.410 e. The Morgan fingerprint density at radius 1 is 1.19 bits per heavy atom. The van der Waals surface area contributed by atoms with Gasteiger partial charge in [0.1, 0.15) is 18.3 Å². The number of hydrogen-bond acceptors (Lipinski definition) is 5. The molecule has 21 heavy (non-hydrogen) atoms. The molecule has 1 saturated heterocycles. The number of nitrogens with zero attached hydrogens (tertiary/aromatic N) is 1. The van der Waals surface area contributed by atoms with Crippen LogP contribution in [0.15, 0.2) is 0 Å². The van der Waals surface area contributed by atoms with E-state index in [2.05, 4.69) is 0 Å². The number of rotatable bonds is 2. The number of hydrogen-bond donors (Lipinski definition) is 0. The van der Waals surface area contributed by atoms with Crippen molar-refractivity contribution >= 4 is 12.1 Å². The first kappa shape index (κ1) is 17.8. The van der Waals surface area contributed by atoms with E-state index in [-0.39, 0.29) is 24.8 Å². The fraction of sp³-hybridized carbons (Fsp3) is 0.867. The lowest BCUT2D eigenvalue weighted by molar-refractivity contribution is -0.159. The summed E-state index contributed by atoms with van der Waals surface area (Å²) in [5.74, 6) is -0.277. The smallest absolute Gasteiger partial charge is 0.410 e. The van der Waals surface area contributed by atoms with Crippen LogP contribution in [-0.2, 0) is 19.0 Å². The Hall–Kier alpha value is -1.30. The van der Waals surface area contributed by atoms with E-state index in [0.717, 1.165) is 0 Å². The molecule has 0 radical (unpaired) electrons. The van der Waals surface area contributed by atoms with Crippen LogP contribution in [0.2, 0.25) is 0 Å². The van der Waals surface area contributed by atoms with Crippen LogP contribution in [0.3, 0.4) is 0 Å². The summed E-state index contributed by atoms with van der Waals surface area (Å²) in [7, 11) is 0. The van der Waals surface area contributed by atoms with Gasteiger partial charge in [0.15, 0.2) is 0 Å². The number of amides is 1. The molecule has 0 saturated carbocycles. The van der Waals surface area contributed by atoms with Gasteiger partial charge in [-0.25, -0.2) is 4.79 Å². The molecule has 1 rings (SSSR count). The van der Waals surface area contributed by atoms with Crippen LogP contribution in [-0.4, -0.2) is 55.0 Å². The molecule has 1 heterocycles. The lowest BCUT2D eigenvalue weighted by Crippen LogP contribution is -2.49. The zero-order chi connectivity index (χ0) is 16.3. The lowest BCUT2D eigenvalue weighted by atomic mass is 9.97. The average Bonchev–Trinajstić information content (AvgIpc) is 2.33. The quantitative estimate of drug-likeness (QED) is 0.732. The van der Waals surface area contributed by atoms with Crippen LogP contribution in [0.4, 0.5) is 4.79 Å². The highest BCUT2D eigenvalue weighted by Gasteiger charge is 2.30. The second-order valence-corrected chi connectivity index (χ2v) is 7.27. The van der Waals surface area contributed by atoms with Gasteiger partial charge >= 0.3 is 12.1 Å². The van der Waals surface area contributed by atoms with Gasteiger partial charge in [-0.3, -0.25) is 4.79 Å². The van der Waals surface area contributed by atoms with Gasteiger partial charge in [0, 0.05) is 6.54 Å². The van der Waals surface area contributed by atoms with Gasteiger partial charge in [-0.15, -0.1) is 0 Å². The van der Waals surface area contributed by atoms with Crippen LogP contribution in [0.1, 0.15) is 41.5 Å². The summed E-state index contributed by atoms with van der Waals surface area (Å²) in [4.78, 5) is 25.3. The van der Waals surface area contributed by atoms with E-state index in [0.29, 0.717) is 19.7 Å². The summed E-state index contributed by atoms with van der Waals surface area (Å²) in [6, 6.07) is 0. The molecule has 0 aromatic rings. The van der Waals surface area contributed by atoms with E-state index in [4.69, 9.17) is 14.2 Å². The van der Waals surface area contributed by atoms with Crippen LogP contribution >= 0.6 is 0 Å². The minimum atomic E-state index is -0.542. The van der Waals surface area contributed by atoms with Gasteiger partial charge in [-0.2, -0.15) is 0 Å². The molecule has 1 amide bonds. The van der Waals surface area contributed by atoms with Crippen molar-refractivity contribution in [1.82, 2.24) is 4.90 Å². The van der Waals surface area contributed by atoms with Gasteiger partial charge < -0.3 is 19.1 Å². The van der Waals surface area contributed by atoms with E-state index in [1.54, 1.807) is 25.7 Å². The van der Waals surface area contributed by atoms with E-state index in [1.165, 1.54) is 0 Å². The van der Waals surface area contributed by atoms with E-state index < -0.39 is 11.0 Å². The van der Waals surface area contributed by atoms with Crippen molar-refractivity contribution in [2.24, 2.45) is 5.41 Å². The fourth-order valence-electron chi connectivity index (χ4n) is 1.70. The minimum absolute atomic E-state index is 0.148. The molecule has 1 fully saturated rings. The summed E-state index contributed by atoms with van der Waals surface area (Å²) >= 11 is 0. The molecule has 0 aromatic carbocycles. The topological polar surface area (TPSA) is 65.1 Å². The lowest BCUT2D eigenvalue weighted by Gasteiger charge is -2.34. The zero-order valence-electron chi connectivity index (χ0n) is 13.9. The Morgan fingerprint density at radius 2 is 1.81 bits per heavy atom. The van der Waals surface area contributed by atoms with Crippen molar-refractivity contribution in [1.29, 1.82) is 0 Å². The van der Waals surface area contributed by atoms with Gasteiger partial charge in [0.2, 0.25) is 0 Å². The van der Waals surface area contributed by atoms with Crippen LogP contribution in [0.5, 0.6) is 0 Å². The molecule has 0 N–H and O–H groups in total. The van der Waals surface area contributed by atoms with Crippen LogP contribution in [0.25, 0.3) is 0 Å². The predicted octanol–water partition coefficient (Wildman–Crippen LogP) is 2.21. The highest BCUT2D eigenvalue weighted by atomic mass is 16.6. The Morgan fingerprint density at radius 3 is 2.33 bits per heavy atom. The summed E-state index contributed by atoms with van der Waals surface area (Å²) in [6.45, 7) is 12.3. The molecule has 0 aromatic heterocycles. The number of carbonyl (C=O) groups excluding carboxylic acids is 2. The Bertz CT molecular complexity index is 381. The van der Waals surface area contributed by atoms with Crippen molar-refractivity contribution in [3.63, 3.8) is 0 Å². The van der Waals surface area contributed by atoms with Gasteiger partial charge in [0.05, 0.1) is 18.6 Å². The van der Waals surface area contributed by atoms with E-state index >= 15 is 0 Å². The monoisotopic (exact) mass is 301 g/mol. The standard InChI is InChI=1S/C15H27NO5/c1-14(2,3)12(17)20-10-11-9-16(7-8-19-11)13(18)21-15(4,5)6/h11H,7-10H2,1-6H3. The first-order valence-electron chi connectivity index (χ1n) is 7.26. The molecular formula is C15H27NO5. The summed E-state index contributed by atoms with van der Waals surface area (Å²) < 4.78 is 16.1. The van der Waals surface area contributed by atoms with Crippen molar-refractivity contribution < 1.29 is 23.8 Å². The Balaban J connectivity index is 2.46. The van der Waals surface area contributed by atoms with E-state index in [9.17, 15) is 9.59 Å². The van der Waals surface area contributed by atoms with Crippen molar-refractivity contribution in [3.8, 4) is 0 Å². The third kappa shape index (κ3) is 6.33. The summed E-state index contributed by atoms with van der Waals surface area (Å²) in [5, 5.41) is 0. The van der Waals surface area contributed by atoms with Crippen molar-refractivity contribution in [2.75, 3.05) is 26.3 Å². The second-order valence-electron chi connectivity index (χ2n) is 7.27.